The maximum absolute atomic E-state index is 12.1. The molecule has 2 atom stereocenters. The molecule has 0 heterocycles. The molecule has 0 aromatic rings. The van der Waals surface area contributed by atoms with Gasteiger partial charge in [0.05, 0.1) is 12.7 Å². The number of nitriles is 1. The summed E-state index contributed by atoms with van der Waals surface area (Å²) in [5.41, 5.74) is -1.08. The summed E-state index contributed by atoms with van der Waals surface area (Å²) >= 11 is 0. The van der Waals surface area contributed by atoms with Crippen LogP contribution in [0, 0.1) is 11.3 Å². The van der Waals surface area contributed by atoms with E-state index in [9.17, 15) is 13.2 Å². The molecule has 0 aromatic heterocycles. The molecule has 0 fully saturated rings. The summed E-state index contributed by atoms with van der Waals surface area (Å²) in [6, 6.07) is 1.88. The van der Waals surface area contributed by atoms with Crippen LogP contribution >= 0.6 is 0 Å². The summed E-state index contributed by atoms with van der Waals surface area (Å²) in [6.07, 6.45) is -6.24. The van der Waals surface area contributed by atoms with Crippen LogP contribution in [-0.4, -0.2) is 31.0 Å². The van der Waals surface area contributed by atoms with E-state index in [4.69, 9.17) is 5.26 Å². The fraction of sp³-hybridized carbons (Fsp3) is 0.889. The Morgan fingerprint density at radius 2 is 2.00 bits per heavy atom. The molecule has 15 heavy (non-hydrogen) atoms. The van der Waals surface area contributed by atoms with E-state index >= 15 is 0 Å². The van der Waals surface area contributed by atoms with Gasteiger partial charge in [0, 0.05) is 0 Å². The number of nitrogens with zero attached hydrogens (tertiary/aromatic N) is 1. The van der Waals surface area contributed by atoms with Crippen LogP contribution in [0.15, 0.2) is 0 Å². The highest BCUT2D eigenvalue weighted by atomic mass is 19.4. The number of nitrogens with one attached hydrogen (secondary N) is 1. The largest absolute Gasteiger partial charge is 0.414 e. The van der Waals surface area contributed by atoms with Gasteiger partial charge in [-0.2, -0.15) is 18.4 Å². The first-order chi connectivity index (χ1) is 6.75. The van der Waals surface area contributed by atoms with Crippen molar-refractivity contribution in [1.29, 1.82) is 5.26 Å². The first-order valence-corrected chi connectivity index (χ1v) is 4.60. The summed E-state index contributed by atoms with van der Waals surface area (Å²) in [5, 5.41) is 11.5. The summed E-state index contributed by atoms with van der Waals surface area (Å²) in [6.45, 7) is 4.39. The second kappa shape index (κ2) is 5.33. The van der Waals surface area contributed by atoms with Crippen molar-refractivity contribution in [2.45, 2.75) is 38.6 Å². The van der Waals surface area contributed by atoms with Crippen LogP contribution in [0.4, 0.5) is 13.2 Å². The van der Waals surface area contributed by atoms with Gasteiger partial charge in [-0.05, 0) is 20.4 Å². The van der Waals surface area contributed by atoms with Gasteiger partial charge in [0.1, 0.15) is 5.54 Å². The lowest BCUT2D eigenvalue weighted by molar-refractivity contribution is -0.216. The molecule has 0 saturated carbocycles. The lowest BCUT2D eigenvalue weighted by Gasteiger charge is -2.25. The number of likely N-dealkylation sites (N-methyl/N-ethyl adjacent to an activating group) is 1. The van der Waals surface area contributed by atoms with E-state index in [-0.39, 0.29) is 6.61 Å². The summed E-state index contributed by atoms with van der Waals surface area (Å²) in [7, 11) is 0. The number of halogens is 3. The molecule has 0 aliphatic heterocycles. The topological polar surface area (TPSA) is 45.0 Å². The van der Waals surface area contributed by atoms with Crippen molar-refractivity contribution in [3.63, 3.8) is 0 Å². The molecule has 0 rings (SSSR count). The summed E-state index contributed by atoms with van der Waals surface area (Å²) in [5.74, 6) is 0. The molecule has 1 N–H and O–H groups in total. The van der Waals surface area contributed by atoms with Gasteiger partial charge in [0.25, 0.3) is 0 Å². The van der Waals surface area contributed by atoms with Crippen molar-refractivity contribution in [3.8, 4) is 6.07 Å². The van der Waals surface area contributed by atoms with Gasteiger partial charge in [0.2, 0.25) is 0 Å². The molecule has 0 aromatic carbocycles. The van der Waals surface area contributed by atoms with Crippen molar-refractivity contribution < 1.29 is 17.9 Å². The zero-order valence-corrected chi connectivity index (χ0v) is 8.98. The minimum Gasteiger partial charge on any atom is -0.366 e. The highest BCUT2D eigenvalue weighted by Gasteiger charge is 2.38. The van der Waals surface area contributed by atoms with Crippen molar-refractivity contribution in [3.05, 3.63) is 0 Å². The number of hydrogen-bond donors (Lipinski definition) is 1. The van der Waals surface area contributed by atoms with Gasteiger partial charge >= 0.3 is 6.18 Å². The average Bonchev–Trinajstić information content (AvgIpc) is 2.13. The van der Waals surface area contributed by atoms with E-state index in [0.29, 0.717) is 6.54 Å². The Bertz CT molecular complexity index is 236. The lowest BCUT2D eigenvalue weighted by Crippen LogP contribution is -2.47. The molecule has 0 aliphatic carbocycles. The lowest BCUT2D eigenvalue weighted by atomic mass is 10.1. The molecule has 0 saturated heterocycles. The Hall–Kier alpha value is -0.800. The molecule has 88 valence electrons. The maximum atomic E-state index is 12.1. The fourth-order valence-electron chi connectivity index (χ4n) is 0.899. The van der Waals surface area contributed by atoms with Crippen LogP contribution in [-0.2, 0) is 4.74 Å². The van der Waals surface area contributed by atoms with E-state index < -0.39 is 17.8 Å². The number of rotatable bonds is 5. The van der Waals surface area contributed by atoms with Gasteiger partial charge in [-0.3, -0.25) is 5.32 Å². The number of alkyl halides is 3. The number of hydrogen-bond acceptors (Lipinski definition) is 3. The van der Waals surface area contributed by atoms with Gasteiger partial charge in [-0.25, -0.2) is 0 Å². The van der Waals surface area contributed by atoms with Crippen LogP contribution in [0.25, 0.3) is 0 Å². The highest BCUT2D eigenvalue weighted by molar-refractivity contribution is 5.03. The Kier molecular flexibility index (Phi) is 5.05. The molecule has 0 amide bonds. The fourth-order valence-corrected chi connectivity index (χ4v) is 0.899. The SMILES string of the molecule is CCNC(C)(C#N)COC(C)C(F)(F)F. The van der Waals surface area contributed by atoms with Crippen LogP contribution in [0.3, 0.4) is 0 Å². The first kappa shape index (κ1) is 14.2. The number of ether oxygens (including phenoxy) is 1. The van der Waals surface area contributed by atoms with Crippen LogP contribution in [0.5, 0.6) is 0 Å². The summed E-state index contributed by atoms with van der Waals surface area (Å²) < 4.78 is 40.9. The molecule has 2 unspecified atom stereocenters. The normalized spacial score (nSPS) is 17.9. The monoisotopic (exact) mass is 224 g/mol. The molecular formula is C9H15F3N2O. The van der Waals surface area contributed by atoms with E-state index in [1.54, 1.807) is 6.92 Å². The van der Waals surface area contributed by atoms with Gasteiger partial charge in [0.15, 0.2) is 6.10 Å². The average molecular weight is 224 g/mol. The second-order valence-corrected chi connectivity index (χ2v) is 3.47. The van der Waals surface area contributed by atoms with Crippen molar-refractivity contribution in [2.75, 3.05) is 13.2 Å². The minimum absolute atomic E-state index is 0.294. The van der Waals surface area contributed by atoms with Crippen molar-refractivity contribution >= 4 is 0 Å². The Balaban J connectivity index is 4.19. The Labute approximate surface area is 87.2 Å². The minimum atomic E-state index is -4.39. The quantitative estimate of drug-likeness (QED) is 0.775. The summed E-state index contributed by atoms with van der Waals surface area (Å²) in [4.78, 5) is 0. The van der Waals surface area contributed by atoms with E-state index in [0.717, 1.165) is 6.92 Å². The first-order valence-electron chi connectivity index (χ1n) is 4.60. The molecule has 0 aliphatic rings. The molecule has 6 heteroatoms. The van der Waals surface area contributed by atoms with Gasteiger partial charge < -0.3 is 4.74 Å². The van der Waals surface area contributed by atoms with Gasteiger partial charge in [-0.15, -0.1) is 0 Å². The third-order valence-electron chi connectivity index (χ3n) is 1.90. The molecule has 0 radical (unpaired) electrons. The van der Waals surface area contributed by atoms with E-state index in [1.807, 2.05) is 6.07 Å². The zero-order chi connectivity index (χ0) is 12.1. The predicted octanol–water partition coefficient (Wildman–Crippen LogP) is 1.85. The predicted molar refractivity (Wildman–Crippen MR) is 49.2 cm³/mol. The highest BCUT2D eigenvalue weighted by Crippen LogP contribution is 2.23. The van der Waals surface area contributed by atoms with Crippen LogP contribution in [0.1, 0.15) is 20.8 Å². The third-order valence-corrected chi connectivity index (χ3v) is 1.90. The van der Waals surface area contributed by atoms with E-state index in [1.165, 1.54) is 6.92 Å². The Morgan fingerprint density at radius 3 is 2.33 bits per heavy atom. The van der Waals surface area contributed by atoms with Gasteiger partial charge in [-0.1, -0.05) is 6.92 Å². The smallest absolute Gasteiger partial charge is 0.366 e. The molecule has 3 nitrogen and oxygen atoms in total. The second-order valence-electron chi connectivity index (χ2n) is 3.47. The zero-order valence-electron chi connectivity index (χ0n) is 8.98. The van der Waals surface area contributed by atoms with Crippen LogP contribution < -0.4 is 5.32 Å². The maximum Gasteiger partial charge on any atom is 0.414 e. The van der Waals surface area contributed by atoms with E-state index in [2.05, 4.69) is 10.1 Å². The molecule has 0 bridgehead atoms. The molecule has 0 spiro atoms. The van der Waals surface area contributed by atoms with Crippen molar-refractivity contribution in [2.24, 2.45) is 0 Å². The standard InChI is InChI=1S/C9H15F3N2O/c1-4-14-8(3,5-13)6-15-7(2)9(10,11)12/h7,14H,4,6H2,1-3H3. The van der Waals surface area contributed by atoms with Crippen LogP contribution in [0.2, 0.25) is 0 Å². The molecular weight excluding hydrogens is 209 g/mol. The Morgan fingerprint density at radius 1 is 1.47 bits per heavy atom. The van der Waals surface area contributed by atoms with Crippen molar-refractivity contribution in [1.82, 2.24) is 5.32 Å². The third kappa shape index (κ3) is 5.00.